The van der Waals surface area contributed by atoms with Crippen LogP contribution in [0.25, 0.3) is 22.5 Å². The van der Waals surface area contributed by atoms with Gasteiger partial charge in [-0.1, -0.05) is 35.5 Å². The molecule has 0 spiro atoms. The van der Waals surface area contributed by atoms with Gasteiger partial charge in [0, 0.05) is 6.07 Å². The second-order valence-corrected chi connectivity index (χ2v) is 4.98. The number of halogens is 3. The lowest BCUT2D eigenvalue weighted by molar-refractivity contribution is -0.142. The number of aromatic hydroxyl groups is 1. The van der Waals surface area contributed by atoms with Gasteiger partial charge >= 0.3 is 6.18 Å². The molecule has 0 amide bonds. The maximum atomic E-state index is 13.3. The Morgan fingerprint density at radius 1 is 1.08 bits per heavy atom. The van der Waals surface area contributed by atoms with E-state index in [-0.39, 0.29) is 28.2 Å². The van der Waals surface area contributed by atoms with E-state index in [1.165, 1.54) is 37.4 Å². The molecule has 3 aromatic rings. The van der Waals surface area contributed by atoms with Crippen LogP contribution in [0, 0.1) is 0 Å². The zero-order chi connectivity index (χ0) is 17.3. The van der Waals surface area contributed by atoms with Crippen molar-refractivity contribution in [3.63, 3.8) is 0 Å². The number of aromatic nitrogens is 1. The smallest absolute Gasteiger partial charge is 0.437 e. The molecule has 1 heterocycles. The molecule has 0 aliphatic carbocycles. The summed E-state index contributed by atoms with van der Waals surface area (Å²) in [6.45, 7) is 0. The number of ether oxygens (including phenoxy) is 1. The summed E-state index contributed by atoms with van der Waals surface area (Å²) in [6, 6.07) is 12.2. The van der Waals surface area contributed by atoms with Crippen molar-refractivity contribution < 1.29 is 27.5 Å². The zero-order valence-corrected chi connectivity index (χ0v) is 12.5. The molecule has 0 radical (unpaired) electrons. The van der Waals surface area contributed by atoms with Gasteiger partial charge in [0.1, 0.15) is 11.5 Å². The first-order chi connectivity index (χ1) is 11.4. The molecule has 7 heteroatoms. The van der Waals surface area contributed by atoms with Crippen molar-refractivity contribution in [3.8, 4) is 33.9 Å². The van der Waals surface area contributed by atoms with Crippen molar-refractivity contribution in [2.24, 2.45) is 0 Å². The molecule has 1 N–H and O–H groups in total. The van der Waals surface area contributed by atoms with E-state index in [2.05, 4.69) is 5.16 Å². The molecular formula is C17H12F3NO3. The maximum absolute atomic E-state index is 13.3. The molecule has 0 fully saturated rings. The molecule has 0 bridgehead atoms. The van der Waals surface area contributed by atoms with Crippen LogP contribution in [-0.4, -0.2) is 17.4 Å². The molecule has 24 heavy (non-hydrogen) atoms. The van der Waals surface area contributed by atoms with Gasteiger partial charge in [0.2, 0.25) is 0 Å². The highest BCUT2D eigenvalue weighted by molar-refractivity contribution is 5.84. The zero-order valence-electron chi connectivity index (χ0n) is 12.5. The predicted molar refractivity (Wildman–Crippen MR) is 80.6 cm³/mol. The molecular weight excluding hydrogens is 323 g/mol. The van der Waals surface area contributed by atoms with Crippen LogP contribution in [-0.2, 0) is 6.18 Å². The molecule has 1 aromatic heterocycles. The predicted octanol–water partition coefficient (Wildman–Crippen LogP) is 4.74. The fourth-order valence-electron chi connectivity index (χ4n) is 2.37. The molecule has 3 rings (SSSR count). The fraction of sp³-hybridized carbons (Fsp3) is 0.118. The van der Waals surface area contributed by atoms with Crippen molar-refractivity contribution >= 4 is 0 Å². The van der Waals surface area contributed by atoms with Crippen LogP contribution in [0.1, 0.15) is 5.69 Å². The number of benzene rings is 2. The third-order valence-electron chi connectivity index (χ3n) is 3.47. The first-order valence-corrected chi connectivity index (χ1v) is 6.91. The van der Waals surface area contributed by atoms with Gasteiger partial charge in [-0.25, -0.2) is 0 Å². The van der Waals surface area contributed by atoms with Crippen molar-refractivity contribution in [3.05, 3.63) is 54.2 Å². The molecule has 4 nitrogen and oxygen atoms in total. The molecule has 124 valence electrons. The Hall–Kier alpha value is -2.96. The maximum Gasteiger partial charge on any atom is 0.437 e. The molecule has 0 saturated carbocycles. The first-order valence-electron chi connectivity index (χ1n) is 6.91. The summed E-state index contributed by atoms with van der Waals surface area (Å²) >= 11 is 0. The van der Waals surface area contributed by atoms with E-state index in [4.69, 9.17) is 9.26 Å². The molecule has 0 saturated heterocycles. The largest absolute Gasteiger partial charge is 0.507 e. The lowest BCUT2D eigenvalue weighted by atomic mass is 9.98. The third-order valence-corrected chi connectivity index (χ3v) is 3.47. The van der Waals surface area contributed by atoms with Crippen LogP contribution in [0.3, 0.4) is 0 Å². The summed E-state index contributed by atoms with van der Waals surface area (Å²) < 4.78 is 49.8. The van der Waals surface area contributed by atoms with E-state index in [9.17, 15) is 18.3 Å². The number of alkyl halides is 3. The number of hydrogen-bond acceptors (Lipinski definition) is 4. The Bertz CT molecular complexity index is 857. The summed E-state index contributed by atoms with van der Waals surface area (Å²) in [4.78, 5) is 0. The number of phenols is 1. The van der Waals surface area contributed by atoms with Crippen LogP contribution in [0.5, 0.6) is 11.5 Å². The van der Waals surface area contributed by atoms with Crippen LogP contribution in [0.15, 0.2) is 53.1 Å². The molecule has 0 aliphatic rings. The Morgan fingerprint density at radius 2 is 1.79 bits per heavy atom. The van der Waals surface area contributed by atoms with Gasteiger partial charge in [0.15, 0.2) is 11.5 Å². The summed E-state index contributed by atoms with van der Waals surface area (Å²) in [5, 5.41) is 13.3. The molecule has 0 aliphatic heterocycles. The van der Waals surface area contributed by atoms with E-state index in [0.717, 1.165) is 0 Å². The van der Waals surface area contributed by atoms with E-state index in [0.29, 0.717) is 5.75 Å². The number of rotatable bonds is 3. The molecule has 0 unspecified atom stereocenters. The minimum atomic E-state index is -4.69. The average molecular weight is 335 g/mol. The first kappa shape index (κ1) is 15.9. The van der Waals surface area contributed by atoms with Gasteiger partial charge in [0.25, 0.3) is 0 Å². The number of phenolic OH excluding ortho intramolecular Hbond substituents is 1. The van der Waals surface area contributed by atoms with Crippen LogP contribution < -0.4 is 4.74 Å². The van der Waals surface area contributed by atoms with E-state index >= 15 is 0 Å². The van der Waals surface area contributed by atoms with Gasteiger partial charge in [0.05, 0.1) is 18.2 Å². The topological polar surface area (TPSA) is 55.5 Å². The van der Waals surface area contributed by atoms with Crippen molar-refractivity contribution in [1.82, 2.24) is 5.16 Å². The average Bonchev–Trinajstić information content (AvgIpc) is 3.00. The number of methoxy groups -OCH3 is 1. The quantitative estimate of drug-likeness (QED) is 0.751. The van der Waals surface area contributed by atoms with Crippen molar-refractivity contribution in [1.29, 1.82) is 0 Å². The van der Waals surface area contributed by atoms with Crippen LogP contribution in [0.4, 0.5) is 13.2 Å². The lowest BCUT2D eigenvalue weighted by Crippen LogP contribution is -2.07. The summed E-state index contributed by atoms with van der Waals surface area (Å²) in [6.07, 6.45) is -4.69. The standard InChI is InChI=1S/C17H12F3NO3/c1-23-11-7-8-12(13(22)9-11)15-14(10-5-3-2-4-6-10)16(21-24-15)17(18,19)20/h2-9,22H,1H3. The Morgan fingerprint density at radius 3 is 2.38 bits per heavy atom. The normalized spacial score (nSPS) is 11.5. The Labute approximate surface area is 135 Å². The van der Waals surface area contributed by atoms with Gasteiger partial charge in [-0.2, -0.15) is 13.2 Å². The van der Waals surface area contributed by atoms with Gasteiger partial charge in [-0.3, -0.25) is 0 Å². The minimum Gasteiger partial charge on any atom is -0.507 e. The SMILES string of the molecule is COc1ccc(-c2onc(C(F)(F)F)c2-c2ccccc2)c(O)c1. The highest BCUT2D eigenvalue weighted by Crippen LogP contribution is 2.44. The second-order valence-electron chi connectivity index (χ2n) is 4.98. The van der Waals surface area contributed by atoms with Crippen LogP contribution >= 0.6 is 0 Å². The highest BCUT2D eigenvalue weighted by Gasteiger charge is 2.40. The molecule has 2 aromatic carbocycles. The third kappa shape index (κ3) is 2.80. The van der Waals surface area contributed by atoms with Crippen LogP contribution in [0.2, 0.25) is 0 Å². The Balaban J connectivity index is 2.25. The molecule has 0 atom stereocenters. The lowest BCUT2D eigenvalue weighted by Gasteiger charge is -2.09. The Kier molecular flexibility index (Phi) is 3.92. The second kappa shape index (κ2) is 5.92. The van der Waals surface area contributed by atoms with E-state index in [1.54, 1.807) is 18.2 Å². The van der Waals surface area contributed by atoms with Gasteiger partial charge in [-0.05, 0) is 17.7 Å². The highest BCUT2D eigenvalue weighted by atomic mass is 19.4. The minimum absolute atomic E-state index is 0.0950. The van der Waals surface area contributed by atoms with Gasteiger partial charge < -0.3 is 14.4 Å². The summed E-state index contributed by atoms with van der Waals surface area (Å²) in [5.41, 5.74) is -0.976. The summed E-state index contributed by atoms with van der Waals surface area (Å²) in [7, 11) is 1.42. The van der Waals surface area contributed by atoms with Crippen molar-refractivity contribution in [2.45, 2.75) is 6.18 Å². The monoisotopic (exact) mass is 335 g/mol. The number of hydrogen-bond donors (Lipinski definition) is 1. The van der Waals surface area contributed by atoms with Gasteiger partial charge in [-0.15, -0.1) is 0 Å². The summed E-state index contributed by atoms with van der Waals surface area (Å²) in [5.74, 6) is -0.0573. The van der Waals surface area contributed by atoms with E-state index < -0.39 is 11.9 Å². The van der Waals surface area contributed by atoms with Crippen molar-refractivity contribution in [2.75, 3.05) is 7.11 Å². The number of nitrogens with zero attached hydrogens (tertiary/aromatic N) is 1. The van der Waals surface area contributed by atoms with E-state index in [1.807, 2.05) is 0 Å². The fourth-order valence-corrected chi connectivity index (χ4v) is 2.37.